The molecule has 0 saturated carbocycles. The molecule has 0 spiro atoms. The van der Waals surface area contributed by atoms with Crippen molar-refractivity contribution in [3.63, 3.8) is 0 Å². The predicted octanol–water partition coefficient (Wildman–Crippen LogP) is 4.20. The predicted molar refractivity (Wildman–Crippen MR) is 76.6 cm³/mol. The van der Waals surface area contributed by atoms with Crippen LogP contribution in [-0.2, 0) is 0 Å². The van der Waals surface area contributed by atoms with E-state index in [9.17, 15) is 0 Å². The smallest absolute Gasteiger partial charge is 0.0604 e. The van der Waals surface area contributed by atoms with Crippen LogP contribution in [0.25, 0.3) is 0 Å². The Balaban J connectivity index is 2.18. The van der Waals surface area contributed by atoms with Crippen LogP contribution in [0.2, 0.25) is 0 Å². The highest BCUT2D eigenvalue weighted by Crippen LogP contribution is 2.27. The van der Waals surface area contributed by atoms with Gasteiger partial charge in [-0.05, 0) is 48.6 Å². The number of benzene rings is 1. The molecule has 0 aliphatic heterocycles. The minimum absolute atomic E-state index is 0.371. The van der Waals surface area contributed by atoms with Gasteiger partial charge in [-0.15, -0.1) is 11.3 Å². The fourth-order valence-corrected chi connectivity index (χ4v) is 2.82. The maximum atomic E-state index is 5.86. The molecule has 0 saturated heterocycles. The fraction of sp³-hybridized carbons (Fsp3) is 0.286. The molecular formula is C14H18N2S. The zero-order valence-corrected chi connectivity index (χ0v) is 11.1. The molecule has 2 nitrogen and oxygen atoms in total. The molecule has 1 heterocycles. The minimum Gasteiger partial charge on any atom is -0.399 e. The molecule has 1 unspecified atom stereocenters. The van der Waals surface area contributed by atoms with Gasteiger partial charge in [-0.1, -0.05) is 13.0 Å². The van der Waals surface area contributed by atoms with E-state index < -0.39 is 0 Å². The minimum atomic E-state index is 0.371. The summed E-state index contributed by atoms with van der Waals surface area (Å²) in [5, 5.41) is 5.66. The van der Waals surface area contributed by atoms with E-state index in [0.29, 0.717) is 6.04 Å². The van der Waals surface area contributed by atoms with Crippen molar-refractivity contribution in [1.82, 2.24) is 0 Å². The summed E-state index contributed by atoms with van der Waals surface area (Å²) in [6, 6.07) is 10.7. The number of rotatable bonds is 4. The maximum Gasteiger partial charge on any atom is 0.0604 e. The van der Waals surface area contributed by atoms with Crippen LogP contribution in [0.3, 0.4) is 0 Å². The van der Waals surface area contributed by atoms with E-state index in [4.69, 9.17) is 5.73 Å². The van der Waals surface area contributed by atoms with Crippen LogP contribution < -0.4 is 11.1 Å². The fourth-order valence-electron chi connectivity index (χ4n) is 1.96. The highest BCUT2D eigenvalue weighted by Gasteiger charge is 2.10. The number of aryl methyl sites for hydroxylation is 1. The van der Waals surface area contributed by atoms with Gasteiger partial charge in [0.05, 0.1) is 6.04 Å². The van der Waals surface area contributed by atoms with Crippen LogP contribution in [0.15, 0.2) is 35.7 Å². The molecule has 17 heavy (non-hydrogen) atoms. The Morgan fingerprint density at radius 3 is 2.76 bits per heavy atom. The molecule has 0 aliphatic rings. The highest BCUT2D eigenvalue weighted by molar-refractivity contribution is 7.10. The molecule has 0 aliphatic carbocycles. The molecule has 1 aromatic carbocycles. The second-order valence-electron chi connectivity index (χ2n) is 4.25. The van der Waals surface area contributed by atoms with Gasteiger partial charge in [0.15, 0.2) is 0 Å². The molecule has 90 valence electrons. The largest absolute Gasteiger partial charge is 0.399 e. The quantitative estimate of drug-likeness (QED) is 0.793. The van der Waals surface area contributed by atoms with Gasteiger partial charge in [0.25, 0.3) is 0 Å². The van der Waals surface area contributed by atoms with Crippen LogP contribution in [0.4, 0.5) is 11.4 Å². The Morgan fingerprint density at radius 1 is 1.35 bits per heavy atom. The van der Waals surface area contributed by atoms with Gasteiger partial charge in [-0.2, -0.15) is 0 Å². The first kappa shape index (κ1) is 12.0. The summed E-state index contributed by atoms with van der Waals surface area (Å²) in [6.07, 6.45) is 1.06. The summed E-state index contributed by atoms with van der Waals surface area (Å²) in [5.41, 5.74) is 8.96. The molecule has 0 bridgehead atoms. The van der Waals surface area contributed by atoms with Crippen LogP contribution in [0.1, 0.15) is 29.8 Å². The molecule has 2 aromatic rings. The Morgan fingerprint density at radius 2 is 2.18 bits per heavy atom. The number of nitrogens with two attached hydrogens (primary N) is 1. The average Bonchev–Trinajstić information content (AvgIpc) is 2.77. The zero-order chi connectivity index (χ0) is 12.3. The van der Waals surface area contributed by atoms with Crippen molar-refractivity contribution in [2.45, 2.75) is 26.3 Å². The molecular weight excluding hydrogens is 228 g/mol. The van der Waals surface area contributed by atoms with Crippen molar-refractivity contribution in [2.24, 2.45) is 0 Å². The highest BCUT2D eigenvalue weighted by atomic mass is 32.1. The van der Waals surface area contributed by atoms with Gasteiger partial charge in [-0.25, -0.2) is 0 Å². The van der Waals surface area contributed by atoms with E-state index >= 15 is 0 Å². The normalized spacial score (nSPS) is 12.4. The topological polar surface area (TPSA) is 38.0 Å². The maximum absolute atomic E-state index is 5.86. The van der Waals surface area contributed by atoms with Crippen LogP contribution in [-0.4, -0.2) is 0 Å². The first-order chi connectivity index (χ1) is 8.19. The van der Waals surface area contributed by atoms with E-state index in [2.05, 4.69) is 42.7 Å². The summed E-state index contributed by atoms with van der Waals surface area (Å²) in [7, 11) is 0. The molecule has 3 N–H and O–H groups in total. The van der Waals surface area contributed by atoms with Crippen molar-refractivity contribution < 1.29 is 0 Å². The Hall–Kier alpha value is -1.48. The lowest BCUT2D eigenvalue weighted by molar-refractivity contribution is 0.764. The average molecular weight is 246 g/mol. The number of hydrogen-bond acceptors (Lipinski definition) is 3. The molecule has 1 aromatic heterocycles. The summed E-state index contributed by atoms with van der Waals surface area (Å²) in [4.78, 5) is 1.37. The lowest BCUT2D eigenvalue weighted by atomic mass is 10.1. The van der Waals surface area contributed by atoms with Crippen molar-refractivity contribution in [2.75, 3.05) is 11.1 Å². The first-order valence-electron chi connectivity index (χ1n) is 5.86. The van der Waals surface area contributed by atoms with Gasteiger partial charge < -0.3 is 11.1 Å². The number of thiophene rings is 1. The number of anilines is 2. The van der Waals surface area contributed by atoms with Crippen LogP contribution in [0, 0.1) is 6.92 Å². The third-order valence-corrected chi connectivity index (χ3v) is 3.72. The van der Waals surface area contributed by atoms with Crippen LogP contribution >= 0.6 is 11.3 Å². The van der Waals surface area contributed by atoms with Gasteiger partial charge in [0.2, 0.25) is 0 Å². The molecule has 0 amide bonds. The van der Waals surface area contributed by atoms with E-state index in [0.717, 1.165) is 17.8 Å². The lowest BCUT2D eigenvalue weighted by Crippen LogP contribution is -2.08. The molecule has 2 rings (SSSR count). The van der Waals surface area contributed by atoms with E-state index in [1.165, 1.54) is 10.4 Å². The van der Waals surface area contributed by atoms with Crippen molar-refractivity contribution >= 4 is 22.7 Å². The molecule has 3 heteroatoms. The van der Waals surface area contributed by atoms with Gasteiger partial charge >= 0.3 is 0 Å². The van der Waals surface area contributed by atoms with E-state index in [1.54, 1.807) is 11.3 Å². The Labute approximate surface area is 106 Å². The van der Waals surface area contributed by atoms with Crippen molar-refractivity contribution in [3.05, 3.63) is 46.2 Å². The Bertz CT molecular complexity index is 457. The second-order valence-corrected chi connectivity index (χ2v) is 5.23. The lowest BCUT2D eigenvalue weighted by Gasteiger charge is -2.17. The summed E-state index contributed by atoms with van der Waals surface area (Å²) in [5.74, 6) is 0. The van der Waals surface area contributed by atoms with E-state index in [-0.39, 0.29) is 0 Å². The third kappa shape index (κ3) is 3.01. The molecule has 0 radical (unpaired) electrons. The van der Waals surface area contributed by atoms with Crippen molar-refractivity contribution in [1.29, 1.82) is 0 Å². The van der Waals surface area contributed by atoms with Gasteiger partial charge in [-0.3, -0.25) is 0 Å². The number of hydrogen-bond donors (Lipinski definition) is 2. The second kappa shape index (κ2) is 5.23. The van der Waals surface area contributed by atoms with Crippen molar-refractivity contribution in [3.8, 4) is 0 Å². The third-order valence-electron chi connectivity index (χ3n) is 2.74. The summed E-state index contributed by atoms with van der Waals surface area (Å²) < 4.78 is 0. The van der Waals surface area contributed by atoms with Gasteiger partial charge in [0.1, 0.15) is 0 Å². The van der Waals surface area contributed by atoms with E-state index in [1.807, 2.05) is 12.1 Å². The number of nitrogens with one attached hydrogen (secondary N) is 1. The summed E-state index contributed by atoms with van der Waals surface area (Å²) in [6.45, 7) is 4.25. The summed E-state index contributed by atoms with van der Waals surface area (Å²) >= 11 is 1.79. The van der Waals surface area contributed by atoms with Gasteiger partial charge in [0, 0.05) is 16.3 Å². The SMILES string of the molecule is CCC(Nc1cc(C)cc(N)c1)c1cccs1. The monoisotopic (exact) mass is 246 g/mol. The molecule has 0 fully saturated rings. The number of nitrogen functional groups attached to an aromatic ring is 1. The first-order valence-corrected chi connectivity index (χ1v) is 6.74. The van der Waals surface area contributed by atoms with Crippen LogP contribution in [0.5, 0.6) is 0 Å². The Kier molecular flexibility index (Phi) is 3.69. The zero-order valence-electron chi connectivity index (χ0n) is 10.2. The molecule has 1 atom stereocenters. The standard InChI is InChI=1S/C14H18N2S/c1-3-13(14-5-4-6-17-14)16-12-8-10(2)7-11(15)9-12/h4-9,13,16H,3,15H2,1-2H3.